The molecule has 2 atom stereocenters. The number of carbonyl (C=O) groups is 1. The zero-order chi connectivity index (χ0) is 17.1. The van der Waals surface area contributed by atoms with Gasteiger partial charge >= 0.3 is 0 Å². The predicted octanol–water partition coefficient (Wildman–Crippen LogP) is 2.41. The molecule has 0 aromatic carbocycles. The number of hydrogen-bond donors (Lipinski definition) is 0. The van der Waals surface area contributed by atoms with Crippen LogP contribution in [0, 0.1) is 0 Å². The standard InChI is InChI=1S/C18H22N4O3/c23-16(10-15-5-1-2-9-24-15)22-8-6-14(12-22)18-21-20-17(25-18)13-4-3-7-19-11-13/h3-4,7,11,14-15H,1-2,5-6,8-10,12H2/t14-,15-/m0/s1. The van der Waals surface area contributed by atoms with Gasteiger partial charge in [-0.3, -0.25) is 9.78 Å². The summed E-state index contributed by atoms with van der Waals surface area (Å²) in [7, 11) is 0. The van der Waals surface area contributed by atoms with Crippen molar-refractivity contribution < 1.29 is 13.9 Å². The number of hydrogen-bond acceptors (Lipinski definition) is 6. The highest BCUT2D eigenvalue weighted by molar-refractivity contribution is 5.77. The first-order chi connectivity index (χ1) is 12.3. The molecule has 7 heteroatoms. The van der Waals surface area contributed by atoms with Crippen molar-refractivity contribution in [3.05, 3.63) is 30.4 Å². The molecule has 0 saturated carbocycles. The summed E-state index contributed by atoms with van der Waals surface area (Å²) >= 11 is 0. The Morgan fingerprint density at radius 3 is 3.04 bits per heavy atom. The van der Waals surface area contributed by atoms with Crippen LogP contribution in [0.25, 0.3) is 11.5 Å². The fourth-order valence-electron chi connectivity index (χ4n) is 3.49. The van der Waals surface area contributed by atoms with Crippen LogP contribution in [0.2, 0.25) is 0 Å². The van der Waals surface area contributed by atoms with Gasteiger partial charge in [0.15, 0.2) is 0 Å². The van der Waals surface area contributed by atoms with Gasteiger partial charge in [0.05, 0.1) is 24.0 Å². The van der Waals surface area contributed by atoms with Gasteiger partial charge in [0.25, 0.3) is 0 Å². The highest BCUT2D eigenvalue weighted by atomic mass is 16.5. The fourth-order valence-corrected chi connectivity index (χ4v) is 3.49. The van der Waals surface area contributed by atoms with E-state index in [1.807, 2.05) is 17.0 Å². The van der Waals surface area contributed by atoms with Crippen molar-refractivity contribution in [2.75, 3.05) is 19.7 Å². The van der Waals surface area contributed by atoms with Crippen LogP contribution in [0.3, 0.4) is 0 Å². The van der Waals surface area contributed by atoms with Crippen molar-refractivity contribution in [3.63, 3.8) is 0 Å². The number of ether oxygens (including phenoxy) is 1. The second kappa shape index (κ2) is 7.31. The van der Waals surface area contributed by atoms with Gasteiger partial charge in [-0.1, -0.05) is 0 Å². The van der Waals surface area contributed by atoms with Crippen LogP contribution in [0.4, 0.5) is 0 Å². The molecular weight excluding hydrogens is 320 g/mol. The van der Waals surface area contributed by atoms with E-state index in [2.05, 4.69) is 15.2 Å². The van der Waals surface area contributed by atoms with Crippen molar-refractivity contribution in [2.45, 2.75) is 44.1 Å². The van der Waals surface area contributed by atoms with Crippen LogP contribution in [-0.2, 0) is 9.53 Å². The van der Waals surface area contributed by atoms with E-state index < -0.39 is 0 Å². The second-order valence-electron chi connectivity index (χ2n) is 6.71. The van der Waals surface area contributed by atoms with Crippen molar-refractivity contribution in [2.24, 2.45) is 0 Å². The lowest BCUT2D eigenvalue weighted by Crippen LogP contribution is -2.33. The number of aromatic nitrogens is 3. The highest BCUT2D eigenvalue weighted by Gasteiger charge is 2.32. The molecule has 4 heterocycles. The van der Waals surface area contributed by atoms with Crippen LogP contribution in [0.15, 0.2) is 28.9 Å². The van der Waals surface area contributed by atoms with Gasteiger partial charge < -0.3 is 14.1 Å². The van der Waals surface area contributed by atoms with Gasteiger partial charge in [-0.15, -0.1) is 10.2 Å². The first-order valence-corrected chi connectivity index (χ1v) is 8.93. The van der Waals surface area contributed by atoms with E-state index in [1.54, 1.807) is 12.4 Å². The van der Waals surface area contributed by atoms with E-state index in [1.165, 1.54) is 0 Å². The maximum absolute atomic E-state index is 12.5. The minimum absolute atomic E-state index is 0.0842. The molecule has 132 valence electrons. The van der Waals surface area contributed by atoms with E-state index in [4.69, 9.17) is 9.15 Å². The first-order valence-electron chi connectivity index (χ1n) is 8.93. The van der Waals surface area contributed by atoms with Crippen molar-refractivity contribution in [1.82, 2.24) is 20.1 Å². The third kappa shape index (κ3) is 3.71. The van der Waals surface area contributed by atoms with E-state index in [0.717, 1.165) is 44.4 Å². The van der Waals surface area contributed by atoms with E-state index in [-0.39, 0.29) is 17.9 Å². The lowest BCUT2D eigenvalue weighted by Gasteiger charge is -2.24. The molecule has 0 radical (unpaired) electrons. The zero-order valence-electron chi connectivity index (χ0n) is 14.1. The molecule has 4 rings (SSSR count). The Bertz CT molecular complexity index is 712. The lowest BCUT2D eigenvalue weighted by atomic mass is 10.1. The number of nitrogens with zero attached hydrogens (tertiary/aromatic N) is 4. The van der Waals surface area contributed by atoms with Gasteiger partial charge in [-0.05, 0) is 37.8 Å². The molecule has 2 aliphatic rings. The third-order valence-corrected chi connectivity index (χ3v) is 4.92. The summed E-state index contributed by atoms with van der Waals surface area (Å²) in [5.74, 6) is 1.35. The monoisotopic (exact) mass is 342 g/mol. The molecule has 1 amide bonds. The third-order valence-electron chi connectivity index (χ3n) is 4.92. The molecule has 0 unspecified atom stereocenters. The van der Waals surface area contributed by atoms with E-state index in [9.17, 15) is 4.79 Å². The van der Waals surface area contributed by atoms with Crippen LogP contribution >= 0.6 is 0 Å². The summed E-state index contributed by atoms with van der Waals surface area (Å²) < 4.78 is 11.5. The van der Waals surface area contributed by atoms with E-state index in [0.29, 0.717) is 24.7 Å². The molecule has 2 aliphatic heterocycles. The number of pyridine rings is 1. The van der Waals surface area contributed by atoms with Gasteiger partial charge in [0.1, 0.15) is 0 Å². The van der Waals surface area contributed by atoms with Crippen LogP contribution in [-0.4, -0.2) is 51.8 Å². The summed E-state index contributed by atoms with van der Waals surface area (Å²) in [4.78, 5) is 18.5. The van der Waals surface area contributed by atoms with Crippen LogP contribution in [0.1, 0.15) is 43.9 Å². The molecular formula is C18H22N4O3. The molecule has 2 saturated heterocycles. The zero-order valence-corrected chi connectivity index (χ0v) is 14.1. The first kappa shape index (κ1) is 16.2. The van der Waals surface area contributed by atoms with Gasteiger partial charge in [-0.2, -0.15) is 0 Å². The Kier molecular flexibility index (Phi) is 4.74. The normalized spacial score (nSPS) is 23.8. The molecule has 2 aromatic heterocycles. The summed E-state index contributed by atoms with van der Waals surface area (Å²) in [6, 6.07) is 3.72. The topological polar surface area (TPSA) is 81.4 Å². The minimum atomic E-state index is 0.0842. The van der Waals surface area contributed by atoms with Crippen molar-refractivity contribution in [1.29, 1.82) is 0 Å². The Morgan fingerprint density at radius 1 is 1.28 bits per heavy atom. The molecule has 2 aromatic rings. The molecule has 7 nitrogen and oxygen atoms in total. The summed E-state index contributed by atoms with van der Waals surface area (Å²) in [5.41, 5.74) is 0.807. The number of rotatable bonds is 4. The van der Waals surface area contributed by atoms with Crippen LogP contribution in [0.5, 0.6) is 0 Å². The average Bonchev–Trinajstić information content (AvgIpc) is 3.33. The number of carbonyl (C=O) groups excluding carboxylic acids is 1. The smallest absolute Gasteiger partial charge is 0.249 e. The van der Waals surface area contributed by atoms with Gasteiger partial charge in [0.2, 0.25) is 17.7 Å². The minimum Gasteiger partial charge on any atom is -0.420 e. The lowest BCUT2D eigenvalue weighted by molar-refractivity contribution is -0.134. The average molecular weight is 342 g/mol. The molecule has 25 heavy (non-hydrogen) atoms. The SMILES string of the molecule is O=C(C[C@@H]1CCCCO1)N1CC[C@H](c2nnc(-c3cccnc3)o2)C1. The maximum Gasteiger partial charge on any atom is 0.249 e. The molecule has 0 spiro atoms. The van der Waals surface area contributed by atoms with Crippen LogP contribution < -0.4 is 0 Å². The van der Waals surface area contributed by atoms with Crippen molar-refractivity contribution in [3.8, 4) is 11.5 Å². The molecule has 0 aliphatic carbocycles. The predicted molar refractivity (Wildman–Crippen MR) is 89.7 cm³/mol. The van der Waals surface area contributed by atoms with E-state index >= 15 is 0 Å². The Hall–Kier alpha value is -2.28. The van der Waals surface area contributed by atoms with Gasteiger partial charge in [0, 0.05) is 32.1 Å². The fraction of sp³-hybridized carbons (Fsp3) is 0.556. The van der Waals surface area contributed by atoms with Gasteiger partial charge in [-0.25, -0.2) is 0 Å². The van der Waals surface area contributed by atoms with Crippen molar-refractivity contribution >= 4 is 5.91 Å². The highest BCUT2D eigenvalue weighted by Crippen LogP contribution is 2.29. The molecule has 2 fully saturated rings. The Labute approximate surface area is 146 Å². The summed E-state index contributed by atoms with van der Waals surface area (Å²) in [6.07, 6.45) is 8.07. The summed E-state index contributed by atoms with van der Waals surface area (Å²) in [6.45, 7) is 2.15. The number of amides is 1. The molecule has 0 bridgehead atoms. The number of likely N-dealkylation sites (tertiary alicyclic amines) is 1. The molecule has 0 N–H and O–H groups in total. The largest absolute Gasteiger partial charge is 0.420 e. The Morgan fingerprint density at radius 2 is 2.24 bits per heavy atom. The quantitative estimate of drug-likeness (QED) is 0.849. The summed E-state index contributed by atoms with van der Waals surface area (Å²) in [5, 5.41) is 8.29. The maximum atomic E-state index is 12.5. The Balaban J connectivity index is 1.36. The second-order valence-corrected chi connectivity index (χ2v) is 6.71.